The standard InChI is InChI=1S/C24H16FIN2O3S/c1-30-20-11-14(10-17(26)22(20)31-13-15-6-2-3-7-16(15)25)12-21-23(29)28-19-9-5-4-8-18(19)27-24(28)32-21/h2-12H,13H2,1H3/b21-12-. The lowest BCUT2D eigenvalue weighted by molar-refractivity contribution is 0.277. The molecule has 0 unspecified atom stereocenters. The summed E-state index contributed by atoms with van der Waals surface area (Å²) in [6, 6.07) is 17.8. The molecule has 0 spiro atoms. The fourth-order valence-corrected chi connectivity index (χ4v) is 5.26. The predicted octanol–water partition coefficient (Wildman–Crippen LogP) is 4.79. The van der Waals surface area contributed by atoms with Crippen molar-refractivity contribution in [3.63, 3.8) is 0 Å². The van der Waals surface area contributed by atoms with E-state index >= 15 is 0 Å². The molecule has 0 N–H and O–H groups in total. The van der Waals surface area contributed by atoms with Crippen molar-refractivity contribution >= 4 is 56.0 Å². The van der Waals surface area contributed by atoms with Crippen molar-refractivity contribution in [1.82, 2.24) is 9.38 Å². The Labute approximate surface area is 199 Å². The van der Waals surface area contributed by atoms with Crippen LogP contribution in [-0.2, 0) is 6.61 Å². The number of imidazole rings is 1. The van der Waals surface area contributed by atoms with Crippen LogP contribution in [0, 0.1) is 9.39 Å². The van der Waals surface area contributed by atoms with E-state index in [9.17, 15) is 9.18 Å². The number of para-hydroxylation sites is 2. The van der Waals surface area contributed by atoms with Crippen LogP contribution in [0.4, 0.5) is 4.39 Å². The van der Waals surface area contributed by atoms with Gasteiger partial charge in [-0.3, -0.25) is 4.79 Å². The first-order valence-corrected chi connectivity index (χ1v) is 11.6. The van der Waals surface area contributed by atoms with Gasteiger partial charge in [0.05, 0.1) is 26.2 Å². The molecule has 0 saturated carbocycles. The zero-order valence-corrected chi connectivity index (χ0v) is 19.8. The van der Waals surface area contributed by atoms with Crippen LogP contribution in [0.5, 0.6) is 11.5 Å². The van der Waals surface area contributed by atoms with Gasteiger partial charge in [0, 0.05) is 5.56 Å². The molecule has 0 aliphatic rings. The van der Waals surface area contributed by atoms with E-state index in [4.69, 9.17) is 9.47 Å². The molecule has 0 radical (unpaired) electrons. The molecule has 5 nitrogen and oxygen atoms in total. The van der Waals surface area contributed by atoms with Gasteiger partial charge in [0.25, 0.3) is 5.56 Å². The first-order chi connectivity index (χ1) is 15.5. The van der Waals surface area contributed by atoms with E-state index in [1.54, 1.807) is 35.8 Å². The highest BCUT2D eigenvalue weighted by Gasteiger charge is 2.14. The minimum Gasteiger partial charge on any atom is -0.493 e. The van der Waals surface area contributed by atoms with E-state index in [0.717, 1.165) is 20.2 Å². The summed E-state index contributed by atoms with van der Waals surface area (Å²) >= 11 is 3.50. The summed E-state index contributed by atoms with van der Waals surface area (Å²) in [7, 11) is 1.55. The van der Waals surface area contributed by atoms with E-state index in [-0.39, 0.29) is 18.0 Å². The van der Waals surface area contributed by atoms with Gasteiger partial charge in [-0.15, -0.1) is 0 Å². The summed E-state index contributed by atoms with van der Waals surface area (Å²) in [6.45, 7) is 0.0853. The van der Waals surface area contributed by atoms with E-state index in [0.29, 0.717) is 26.6 Å². The van der Waals surface area contributed by atoms with Gasteiger partial charge in [-0.25, -0.2) is 13.8 Å². The van der Waals surface area contributed by atoms with Crippen LogP contribution in [0.25, 0.3) is 22.1 Å². The Balaban J connectivity index is 1.53. The van der Waals surface area contributed by atoms with Crippen molar-refractivity contribution in [3.8, 4) is 11.5 Å². The molecule has 0 bridgehead atoms. The van der Waals surface area contributed by atoms with Crippen molar-refractivity contribution < 1.29 is 13.9 Å². The quantitative estimate of drug-likeness (QED) is 0.292. The second-order valence-electron chi connectivity index (χ2n) is 7.05. The SMILES string of the molecule is COc1cc(/C=c2\sc3nc4ccccc4n3c2=O)cc(I)c1OCc1ccccc1F. The maximum atomic E-state index is 13.9. The van der Waals surface area contributed by atoms with Gasteiger partial charge >= 0.3 is 0 Å². The molecule has 3 aromatic carbocycles. The monoisotopic (exact) mass is 558 g/mol. The zero-order chi connectivity index (χ0) is 22.2. The Hall–Kier alpha value is -2.98. The largest absolute Gasteiger partial charge is 0.493 e. The van der Waals surface area contributed by atoms with Crippen LogP contribution < -0.4 is 19.6 Å². The molecule has 0 aliphatic heterocycles. The Morgan fingerprint density at radius 1 is 1.16 bits per heavy atom. The highest BCUT2D eigenvalue weighted by atomic mass is 127. The molecule has 5 aromatic rings. The normalized spacial score (nSPS) is 12.0. The number of rotatable bonds is 5. The first-order valence-electron chi connectivity index (χ1n) is 9.70. The van der Waals surface area contributed by atoms with Crippen LogP contribution in [-0.4, -0.2) is 16.5 Å². The minimum absolute atomic E-state index is 0.0853. The summed E-state index contributed by atoms with van der Waals surface area (Å²) in [4.78, 5) is 18.2. The number of aromatic nitrogens is 2. The number of nitrogens with zero attached hydrogens (tertiary/aromatic N) is 2. The molecule has 0 saturated heterocycles. The molecule has 2 heterocycles. The topological polar surface area (TPSA) is 52.8 Å². The van der Waals surface area contributed by atoms with Gasteiger partial charge in [-0.1, -0.05) is 41.7 Å². The maximum Gasteiger partial charge on any atom is 0.274 e. The van der Waals surface area contributed by atoms with Crippen molar-refractivity contribution in [2.75, 3.05) is 7.11 Å². The van der Waals surface area contributed by atoms with Crippen molar-refractivity contribution in [1.29, 1.82) is 0 Å². The van der Waals surface area contributed by atoms with Crippen molar-refractivity contribution in [2.24, 2.45) is 0 Å². The molecule has 32 heavy (non-hydrogen) atoms. The number of halogens is 2. The third-order valence-corrected chi connectivity index (χ3v) is 6.79. The van der Waals surface area contributed by atoms with Crippen LogP contribution in [0.2, 0.25) is 0 Å². The number of methoxy groups -OCH3 is 1. The smallest absolute Gasteiger partial charge is 0.274 e. The predicted molar refractivity (Wildman–Crippen MR) is 132 cm³/mol. The lowest BCUT2D eigenvalue weighted by atomic mass is 10.2. The van der Waals surface area contributed by atoms with Gasteiger partial charge < -0.3 is 9.47 Å². The summed E-state index contributed by atoms with van der Waals surface area (Å²) in [5.74, 6) is 0.728. The number of hydrogen-bond acceptors (Lipinski definition) is 5. The maximum absolute atomic E-state index is 13.9. The molecule has 0 atom stereocenters. The average molecular weight is 558 g/mol. The summed E-state index contributed by atoms with van der Waals surface area (Å²) in [5.41, 5.74) is 2.76. The molecule has 0 amide bonds. The summed E-state index contributed by atoms with van der Waals surface area (Å²) < 4.78 is 28.3. The van der Waals surface area contributed by atoms with Gasteiger partial charge in [0.15, 0.2) is 16.5 Å². The second-order valence-corrected chi connectivity index (χ2v) is 9.22. The Bertz CT molecular complexity index is 1580. The fourth-order valence-electron chi connectivity index (χ4n) is 3.49. The third kappa shape index (κ3) is 3.73. The van der Waals surface area contributed by atoms with E-state index in [1.807, 2.05) is 36.4 Å². The molecule has 5 rings (SSSR count). The number of fused-ring (bicyclic) bond motifs is 3. The van der Waals surface area contributed by atoms with Gasteiger partial charge in [-0.2, -0.15) is 0 Å². The summed E-state index contributed by atoms with van der Waals surface area (Å²) in [5, 5.41) is 0. The fraction of sp³-hybridized carbons (Fsp3) is 0.0833. The molecule has 8 heteroatoms. The van der Waals surface area contributed by atoms with Gasteiger partial charge in [0.1, 0.15) is 12.4 Å². The number of thiazole rings is 1. The Kier molecular flexibility index (Phi) is 5.56. The lowest BCUT2D eigenvalue weighted by Crippen LogP contribution is -2.22. The minimum atomic E-state index is -0.315. The zero-order valence-electron chi connectivity index (χ0n) is 16.8. The highest BCUT2D eigenvalue weighted by molar-refractivity contribution is 14.1. The number of hydrogen-bond donors (Lipinski definition) is 0. The molecule has 0 aliphatic carbocycles. The third-order valence-electron chi connectivity index (χ3n) is 5.02. The molecular formula is C24H16FIN2O3S. The number of benzene rings is 3. The first kappa shape index (κ1) is 20.9. The van der Waals surface area contributed by atoms with Crippen LogP contribution >= 0.6 is 33.9 Å². The molecule has 2 aromatic heterocycles. The van der Waals surface area contributed by atoms with Crippen LogP contribution in [0.15, 0.2) is 65.5 Å². The average Bonchev–Trinajstić information content (AvgIpc) is 3.30. The van der Waals surface area contributed by atoms with E-state index in [2.05, 4.69) is 27.6 Å². The summed E-state index contributed by atoms with van der Waals surface area (Å²) in [6.07, 6.45) is 1.82. The van der Waals surface area contributed by atoms with E-state index < -0.39 is 0 Å². The molecular weight excluding hydrogens is 542 g/mol. The van der Waals surface area contributed by atoms with Crippen LogP contribution in [0.1, 0.15) is 11.1 Å². The van der Waals surface area contributed by atoms with Crippen LogP contribution in [0.3, 0.4) is 0 Å². The Morgan fingerprint density at radius 3 is 2.75 bits per heavy atom. The molecule has 160 valence electrons. The van der Waals surface area contributed by atoms with E-state index in [1.165, 1.54) is 17.4 Å². The Morgan fingerprint density at radius 2 is 1.94 bits per heavy atom. The molecule has 0 fully saturated rings. The number of ether oxygens (including phenoxy) is 2. The second kappa shape index (κ2) is 8.51. The van der Waals surface area contributed by atoms with Gasteiger partial charge in [-0.05, 0) is 64.6 Å². The van der Waals surface area contributed by atoms with Gasteiger partial charge in [0.2, 0.25) is 0 Å². The highest BCUT2D eigenvalue weighted by Crippen LogP contribution is 2.35. The lowest BCUT2D eigenvalue weighted by Gasteiger charge is -2.14. The van der Waals surface area contributed by atoms with Crippen molar-refractivity contribution in [2.45, 2.75) is 6.61 Å². The van der Waals surface area contributed by atoms with Crippen molar-refractivity contribution in [3.05, 3.63) is 96.1 Å².